The molecule has 1 unspecified atom stereocenters. The van der Waals surface area contributed by atoms with Crippen molar-refractivity contribution < 1.29 is 49.6 Å². The normalized spacial score (nSPS) is 39.6. The van der Waals surface area contributed by atoms with E-state index in [2.05, 4.69) is 0 Å². The number of aliphatic hydroxyl groups excluding tert-OH is 6. The Morgan fingerprint density at radius 3 is 2.32 bits per heavy atom. The first kappa shape index (κ1) is 24.0. The maximum absolute atomic E-state index is 10.2. The van der Waals surface area contributed by atoms with E-state index in [-0.39, 0.29) is 13.0 Å². The molecule has 11 nitrogen and oxygen atoms in total. The lowest BCUT2D eigenvalue weighted by Gasteiger charge is -2.41. The highest BCUT2D eigenvalue weighted by Gasteiger charge is 2.46. The number of nitriles is 1. The summed E-state index contributed by atoms with van der Waals surface area (Å²) in [5.74, 6) is 0. The lowest BCUT2D eigenvalue weighted by molar-refractivity contribution is -0.322. The quantitative estimate of drug-likeness (QED) is 0.273. The molecule has 31 heavy (non-hydrogen) atoms. The second-order valence-corrected chi connectivity index (χ2v) is 7.48. The van der Waals surface area contributed by atoms with E-state index >= 15 is 0 Å². The van der Waals surface area contributed by atoms with Crippen LogP contribution in [0.15, 0.2) is 30.3 Å². The first-order chi connectivity index (χ1) is 14.8. The molecule has 2 saturated heterocycles. The summed E-state index contributed by atoms with van der Waals surface area (Å²) < 4.78 is 21.9. The van der Waals surface area contributed by atoms with Crippen LogP contribution in [0, 0.1) is 11.3 Å². The molecule has 0 spiro atoms. The number of hydrogen-bond donors (Lipinski definition) is 6. The Balaban J connectivity index is 1.62. The van der Waals surface area contributed by atoms with Crippen molar-refractivity contribution in [1.29, 1.82) is 5.26 Å². The fraction of sp³-hybridized carbons (Fsp3) is 0.650. The summed E-state index contributed by atoms with van der Waals surface area (Å²) >= 11 is 0. The molecular weight excluding hydrogens is 414 g/mol. The predicted octanol–water partition coefficient (Wildman–Crippen LogP) is -2.08. The van der Waals surface area contributed by atoms with Crippen molar-refractivity contribution in [2.24, 2.45) is 0 Å². The van der Waals surface area contributed by atoms with Gasteiger partial charge >= 0.3 is 0 Å². The second kappa shape index (κ2) is 10.8. The fourth-order valence-electron chi connectivity index (χ4n) is 3.49. The molecule has 0 amide bonds. The van der Waals surface area contributed by atoms with Crippen molar-refractivity contribution >= 4 is 0 Å². The van der Waals surface area contributed by atoms with Crippen molar-refractivity contribution in [3.8, 4) is 6.07 Å². The van der Waals surface area contributed by atoms with Gasteiger partial charge in [-0.2, -0.15) is 5.26 Å². The summed E-state index contributed by atoms with van der Waals surface area (Å²) in [5.41, 5.74) is 0.521. The highest BCUT2D eigenvalue weighted by Crippen LogP contribution is 2.28. The molecule has 10 atom stereocenters. The predicted molar refractivity (Wildman–Crippen MR) is 101 cm³/mol. The van der Waals surface area contributed by atoms with Crippen LogP contribution in [0.5, 0.6) is 0 Å². The van der Waals surface area contributed by atoms with Gasteiger partial charge in [0.1, 0.15) is 36.6 Å². The first-order valence-corrected chi connectivity index (χ1v) is 9.89. The van der Waals surface area contributed by atoms with E-state index in [1.54, 1.807) is 30.3 Å². The summed E-state index contributed by atoms with van der Waals surface area (Å²) in [5, 5.41) is 69.0. The number of nitrogens with zero attached hydrogens (tertiary/aromatic N) is 1. The standard InChI is InChI=1S/C20H27NO10/c21-7-12(10-4-2-1-3-5-10)30-20-19(27)18(26)17(25)14(31-20)9-28-15-6-11(23)16(24)13(8-22)29-15/h1-5,11-20,22-27H,6,8-9H2/t11-,12?,13-,14-,15-,16+,17-,18+,19-,20-/m1/s1. The Labute approximate surface area is 178 Å². The van der Waals surface area contributed by atoms with Gasteiger partial charge in [-0.1, -0.05) is 30.3 Å². The lowest BCUT2D eigenvalue weighted by Crippen LogP contribution is -2.60. The van der Waals surface area contributed by atoms with E-state index in [1.165, 1.54) is 0 Å². The molecule has 3 rings (SSSR count). The lowest BCUT2D eigenvalue weighted by atomic mass is 9.99. The van der Waals surface area contributed by atoms with Gasteiger partial charge < -0.3 is 49.6 Å². The van der Waals surface area contributed by atoms with E-state index in [0.717, 1.165) is 0 Å². The van der Waals surface area contributed by atoms with Crippen molar-refractivity contribution in [3.05, 3.63) is 35.9 Å². The van der Waals surface area contributed by atoms with Crippen LogP contribution in [0.3, 0.4) is 0 Å². The van der Waals surface area contributed by atoms with Crippen LogP contribution in [0.2, 0.25) is 0 Å². The van der Waals surface area contributed by atoms with E-state index in [4.69, 9.17) is 18.9 Å². The molecular formula is C20H27NO10. The number of benzene rings is 1. The van der Waals surface area contributed by atoms with Gasteiger partial charge in [-0.15, -0.1) is 0 Å². The largest absolute Gasteiger partial charge is 0.394 e. The Morgan fingerprint density at radius 2 is 1.68 bits per heavy atom. The third kappa shape index (κ3) is 5.57. The summed E-state index contributed by atoms with van der Waals surface area (Å²) in [6.45, 7) is -0.852. The van der Waals surface area contributed by atoms with Gasteiger partial charge in [0, 0.05) is 6.42 Å². The maximum atomic E-state index is 10.2. The van der Waals surface area contributed by atoms with Gasteiger partial charge in [0.05, 0.1) is 25.4 Å². The van der Waals surface area contributed by atoms with Crippen LogP contribution in [0.4, 0.5) is 0 Å². The first-order valence-electron chi connectivity index (χ1n) is 9.89. The van der Waals surface area contributed by atoms with Crippen LogP contribution < -0.4 is 0 Å². The highest BCUT2D eigenvalue weighted by molar-refractivity contribution is 5.22. The minimum absolute atomic E-state index is 0.0872. The molecule has 2 aliphatic heterocycles. The van der Waals surface area contributed by atoms with Gasteiger partial charge in [0.2, 0.25) is 0 Å². The van der Waals surface area contributed by atoms with Crippen molar-refractivity contribution in [2.45, 2.75) is 67.8 Å². The van der Waals surface area contributed by atoms with Crippen LogP contribution in [-0.2, 0) is 18.9 Å². The van der Waals surface area contributed by atoms with E-state index in [1.807, 2.05) is 6.07 Å². The zero-order valence-corrected chi connectivity index (χ0v) is 16.5. The maximum Gasteiger partial charge on any atom is 0.188 e. The Bertz CT molecular complexity index is 730. The third-order valence-corrected chi connectivity index (χ3v) is 5.32. The zero-order valence-electron chi connectivity index (χ0n) is 16.5. The fourth-order valence-corrected chi connectivity index (χ4v) is 3.49. The summed E-state index contributed by atoms with van der Waals surface area (Å²) in [4.78, 5) is 0. The number of aliphatic hydroxyl groups is 6. The molecule has 1 aromatic rings. The Morgan fingerprint density at radius 1 is 0.968 bits per heavy atom. The third-order valence-electron chi connectivity index (χ3n) is 5.32. The van der Waals surface area contributed by atoms with Crippen molar-refractivity contribution in [2.75, 3.05) is 13.2 Å². The van der Waals surface area contributed by atoms with Gasteiger partial charge in [-0.25, -0.2) is 0 Å². The van der Waals surface area contributed by atoms with Crippen LogP contribution in [-0.4, -0.2) is 99.2 Å². The topological polar surface area (TPSA) is 182 Å². The molecule has 2 heterocycles. The zero-order chi connectivity index (χ0) is 22.5. The SMILES string of the molecule is N#CC(O[C@@H]1O[C@H](CO[C@H]2C[C@@H](O)[C@H](O)[C@@H](CO)O2)[C@@H](O)[C@H](O)[C@H]1O)c1ccccc1. The molecule has 2 fully saturated rings. The van der Waals surface area contributed by atoms with Crippen LogP contribution in [0.25, 0.3) is 0 Å². The summed E-state index contributed by atoms with van der Waals surface area (Å²) in [6, 6.07) is 10.5. The van der Waals surface area contributed by atoms with Crippen molar-refractivity contribution in [3.63, 3.8) is 0 Å². The molecule has 0 aliphatic carbocycles. The molecule has 0 saturated carbocycles. The molecule has 172 valence electrons. The van der Waals surface area contributed by atoms with E-state index in [9.17, 15) is 35.9 Å². The average molecular weight is 441 g/mol. The minimum atomic E-state index is -1.63. The summed E-state index contributed by atoms with van der Waals surface area (Å²) in [7, 11) is 0. The van der Waals surface area contributed by atoms with Gasteiger partial charge in [0.25, 0.3) is 0 Å². The summed E-state index contributed by atoms with van der Waals surface area (Å²) in [6.07, 6.45) is -13.0. The molecule has 2 aliphatic rings. The molecule has 11 heteroatoms. The van der Waals surface area contributed by atoms with Gasteiger partial charge in [-0.05, 0) is 5.56 Å². The Kier molecular flexibility index (Phi) is 8.31. The molecule has 1 aromatic carbocycles. The highest BCUT2D eigenvalue weighted by atomic mass is 16.7. The van der Waals surface area contributed by atoms with E-state index < -0.39 is 68.0 Å². The smallest absolute Gasteiger partial charge is 0.188 e. The minimum Gasteiger partial charge on any atom is -0.394 e. The monoisotopic (exact) mass is 441 g/mol. The van der Waals surface area contributed by atoms with Crippen molar-refractivity contribution in [1.82, 2.24) is 0 Å². The average Bonchev–Trinajstić information content (AvgIpc) is 2.79. The van der Waals surface area contributed by atoms with E-state index in [0.29, 0.717) is 5.56 Å². The van der Waals surface area contributed by atoms with Crippen LogP contribution in [0.1, 0.15) is 18.1 Å². The van der Waals surface area contributed by atoms with Gasteiger partial charge in [-0.3, -0.25) is 0 Å². The molecule has 0 bridgehead atoms. The van der Waals surface area contributed by atoms with Crippen LogP contribution >= 0.6 is 0 Å². The number of hydrogen-bond acceptors (Lipinski definition) is 11. The molecule has 6 N–H and O–H groups in total. The molecule has 0 aromatic heterocycles. The van der Waals surface area contributed by atoms with Gasteiger partial charge in [0.15, 0.2) is 18.7 Å². The number of ether oxygens (including phenoxy) is 4. The Hall–Kier alpha value is -1.69. The molecule has 0 radical (unpaired) electrons. The number of rotatable bonds is 7. The second-order valence-electron chi connectivity index (χ2n) is 7.48.